The van der Waals surface area contributed by atoms with E-state index in [0.717, 1.165) is 31.2 Å². The molecular weight excluding hydrogens is 308 g/mol. The standard InChI is InChI=1S/C19H24O5/c1-4-9-19(10-11-19)18(21)24-12-14-7-5-6-8-15(14)16(13-22-2)17(20)23-3/h5-8,13H,4,9-12H2,1-3H3/b16-13-. The van der Waals surface area contributed by atoms with E-state index in [1.807, 2.05) is 18.2 Å². The van der Waals surface area contributed by atoms with Crippen LogP contribution in [-0.2, 0) is 30.4 Å². The molecule has 0 heterocycles. The van der Waals surface area contributed by atoms with Gasteiger partial charge in [0.1, 0.15) is 12.2 Å². The van der Waals surface area contributed by atoms with E-state index in [2.05, 4.69) is 6.92 Å². The fraction of sp³-hybridized carbons (Fsp3) is 0.474. The highest BCUT2D eigenvalue weighted by atomic mass is 16.5. The largest absolute Gasteiger partial charge is 0.503 e. The molecule has 24 heavy (non-hydrogen) atoms. The lowest BCUT2D eigenvalue weighted by molar-refractivity contribution is -0.152. The van der Waals surface area contributed by atoms with Gasteiger partial charge < -0.3 is 14.2 Å². The Balaban J connectivity index is 2.15. The minimum Gasteiger partial charge on any atom is -0.503 e. The van der Waals surface area contributed by atoms with Crippen LogP contribution in [0.1, 0.15) is 43.7 Å². The van der Waals surface area contributed by atoms with E-state index in [1.165, 1.54) is 20.5 Å². The first kappa shape index (κ1) is 18.0. The highest BCUT2D eigenvalue weighted by molar-refractivity contribution is 6.16. The summed E-state index contributed by atoms with van der Waals surface area (Å²) in [7, 11) is 2.78. The van der Waals surface area contributed by atoms with Crippen LogP contribution in [0, 0.1) is 5.41 Å². The number of hydrogen-bond donors (Lipinski definition) is 0. The van der Waals surface area contributed by atoms with E-state index < -0.39 is 5.97 Å². The lowest BCUT2D eigenvalue weighted by atomic mass is 10.00. The van der Waals surface area contributed by atoms with Gasteiger partial charge in [0.2, 0.25) is 0 Å². The molecule has 130 valence electrons. The average molecular weight is 332 g/mol. The van der Waals surface area contributed by atoms with Gasteiger partial charge in [-0.15, -0.1) is 0 Å². The van der Waals surface area contributed by atoms with Crippen molar-refractivity contribution in [3.63, 3.8) is 0 Å². The molecule has 1 aliphatic carbocycles. The van der Waals surface area contributed by atoms with Crippen molar-refractivity contribution >= 4 is 17.5 Å². The van der Waals surface area contributed by atoms with Gasteiger partial charge in [-0.2, -0.15) is 0 Å². The highest BCUT2D eigenvalue weighted by Gasteiger charge is 2.50. The second kappa shape index (κ2) is 7.99. The third-order valence-electron chi connectivity index (χ3n) is 4.32. The molecule has 1 saturated carbocycles. The Morgan fingerprint density at radius 1 is 1.21 bits per heavy atom. The molecule has 0 aromatic heterocycles. The van der Waals surface area contributed by atoms with Gasteiger partial charge in [-0.25, -0.2) is 4.79 Å². The molecule has 1 fully saturated rings. The number of carbonyl (C=O) groups is 2. The molecule has 1 aromatic rings. The van der Waals surface area contributed by atoms with Crippen LogP contribution in [0.4, 0.5) is 0 Å². The molecule has 0 atom stereocenters. The summed E-state index contributed by atoms with van der Waals surface area (Å²) in [5.41, 5.74) is 1.39. The number of esters is 2. The second-order valence-corrected chi connectivity index (χ2v) is 6.02. The lowest BCUT2D eigenvalue weighted by Crippen LogP contribution is -2.19. The third kappa shape index (κ3) is 3.96. The highest BCUT2D eigenvalue weighted by Crippen LogP contribution is 2.50. The first-order valence-electron chi connectivity index (χ1n) is 8.14. The van der Waals surface area contributed by atoms with Crippen LogP contribution in [-0.4, -0.2) is 26.2 Å². The van der Waals surface area contributed by atoms with Crippen molar-refractivity contribution < 1.29 is 23.8 Å². The predicted octanol–water partition coefficient (Wildman–Crippen LogP) is 3.47. The Bertz CT molecular complexity index is 628. The Labute approximate surface area is 142 Å². The van der Waals surface area contributed by atoms with Gasteiger partial charge in [0.25, 0.3) is 0 Å². The van der Waals surface area contributed by atoms with Crippen molar-refractivity contribution in [1.29, 1.82) is 0 Å². The van der Waals surface area contributed by atoms with Crippen LogP contribution in [0.15, 0.2) is 30.5 Å². The molecule has 0 unspecified atom stereocenters. The molecule has 0 bridgehead atoms. The van der Waals surface area contributed by atoms with E-state index >= 15 is 0 Å². The fourth-order valence-electron chi connectivity index (χ4n) is 2.84. The fourth-order valence-corrected chi connectivity index (χ4v) is 2.84. The van der Waals surface area contributed by atoms with Gasteiger partial charge in [-0.1, -0.05) is 37.6 Å². The molecule has 1 aliphatic rings. The molecule has 5 heteroatoms. The third-order valence-corrected chi connectivity index (χ3v) is 4.32. The monoisotopic (exact) mass is 332 g/mol. The summed E-state index contributed by atoms with van der Waals surface area (Å²) in [5.74, 6) is -0.644. The maximum Gasteiger partial charge on any atom is 0.341 e. The lowest BCUT2D eigenvalue weighted by Gasteiger charge is -2.15. The molecule has 0 radical (unpaired) electrons. The normalized spacial score (nSPS) is 15.5. The molecule has 0 amide bonds. The number of rotatable bonds is 8. The van der Waals surface area contributed by atoms with Gasteiger partial charge in [0, 0.05) is 0 Å². The molecule has 0 saturated heterocycles. The van der Waals surface area contributed by atoms with Crippen LogP contribution in [0.2, 0.25) is 0 Å². The zero-order valence-corrected chi connectivity index (χ0v) is 14.5. The van der Waals surface area contributed by atoms with Crippen LogP contribution in [0.25, 0.3) is 5.57 Å². The molecule has 1 aromatic carbocycles. The summed E-state index contributed by atoms with van der Waals surface area (Å²) < 4.78 is 15.3. The minimum atomic E-state index is -0.500. The van der Waals surface area contributed by atoms with Gasteiger partial charge in [-0.3, -0.25) is 4.79 Å². The number of methoxy groups -OCH3 is 2. The van der Waals surface area contributed by atoms with Crippen LogP contribution in [0.3, 0.4) is 0 Å². The first-order chi connectivity index (χ1) is 11.6. The number of hydrogen-bond acceptors (Lipinski definition) is 5. The maximum absolute atomic E-state index is 12.3. The summed E-state index contributed by atoms with van der Waals surface area (Å²) in [6, 6.07) is 7.26. The Hall–Kier alpha value is -2.30. The number of benzene rings is 1. The molecular formula is C19H24O5. The smallest absolute Gasteiger partial charge is 0.341 e. The zero-order valence-electron chi connectivity index (χ0n) is 14.5. The average Bonchev–Trinajstić information content (AvgIpc) is 3.38. The maximum atomic E-state index is 12.3. The van der Waals surface area contributed by atoms with Crippen LogP contribution >= 0.6 is 0 Å². The molecule has 0 aliphatic heterocycles. The SMILES string of the molecule is CCCC1(C(=O)OCc2ccccc2/C(=C/OC)C(=O)OC)CC1. The van der Waals surface area contributed by atoms with Gasteiger partial charge >= 0.3 is 11.9 Å². The second-order valence-electron chi connectivity index (χ2n) is 6.02. The summed E-state index contributed by atoms with van der Waals surface area (Å²) in [6.45, 7) is 2.19. The topological polar surface area (TPSA) is 61.8 Å². The van der Waals surface area contributed by atoms with E-state index in [-0.39, 0.29) is 18.0 Å². The van der Waals surface area contributed by atoms with Gasteiger partial charge in [0.15, 0.2) is 0 Å². The summed E-state index contributed by atoms with van der Waals surface area (Å²) >= 11 is 0. The van der Waals surface area contributed by atoms with Crippen molar-refractivity contribution in [3.8, 4) is 0 Å². The quantitative estimate of drug-likeness (QED) is 0.414. The molecule has 5 nitrogen and oxygen atoms in total. The summed E-state index contributed by atoms with van der Waals surface area (Å²) in [4.78, 5) is 24.3. The number of carbonyl (C=O) groups excluding carboxylic acids is 2. The molecule has 2 rings (SSSR count). The van der Waals surface area contributed by atoms with Crippen molar-refractivity contribution in [1.82, 2.24) is 0 Å². The first-order valence-corrected chi connectivity index (χ1v) is 8.14. The van der Waals surface area contributed by atoms with Crippen molar-refractivity contribution in [2.75, 3.05) is 14.2 Å². The van der Waals surface area contributed by atoms with Crippen LogP contribution in [0.5, 0.6) is 0 Å². The van der Waals surface area contributed by atoms with E-state index in [9.17, 15) is 9.59 Å². The van der Waals surface area contributed by atoms with Gasteiger partial charge in [-0.05, 0) is 30.4 Å². The Morgan fingerprint density at radius 3 is 2.50 bits per heavy atom. The molecule has 0 spiro atoms. The number of ether oxygens (including phenoxy) is 3. The van der Waals surface area contributed by atoms with E-state index in [1.54, 1.807) is 6.07 Å². The van der Waals surface area contributed by atoms with Gasteiger partial charge in [0.05, 0.1) is 25.9 Å². The predicted molar refractivity (Wildman–Crippen MR) is 89.8 cm³/mol. The zero-order chi connectivity index (χ0) is 17.6. The van der Waals surface area contributed by atoms with E-state index in [0.29, 0.717) is 11.1 Å². The van der Waals surface area contributed by atoms with Crippen molar-refractivity contribution in [2.45, 2.75) is 39.2 Å². The Kier molecular flexibility index (Phi) is 6.01. The van der Waals surface area contributed by atoms with Crippen LogP contribution < -0.4 is 0 Å². The van der Waals surface area contributed by atoms with Crippen molar-refractivity contribution in [2.24, 2.45) is 5.41 Å². The van der Waals surface area contributed by atoms with Crippen molar-refractivity contribution in [3.05, 3.63) is 41.7 Å². The summed E-state index contributed by atoms with van der Waals surface area (Å²) in [6.07, 6.45) is 4.97. The minimum absolute atomic E-state index is 0.124. The Morgan fingerprint density at radius 2 is 1.92 bits per heavy atom. The van der Waals surface area contributed by atoms with E-state index in [4.69, 9.17) is 14.2 Å². The summed E-state index contributed by atoms with van der Waals surface area (Å²) in [5, 5.41) is 0. The molecule has 0 N–H and O–H groups in total.